The number of hydrogen-bond acceptors (Lipinski definition) is 4. The highest BCUT2D eigenvalue weighted by Gasteiger charge is 2.13. The molecule has 0 unspecified atom stereocenters. The van der Waals surface area contributed by atoms with Crippen molar-refractivity contribution >= 4 is 27.7 Å². The van der Waals surface area contributed by atoms with E-state index in [1.54, 1.807) is 22.8 Å². The number of thioether (sulfide) groups is 1. The van der Waals surface area contributed by atoms with Gasteiger partial charge in [0.1, 0.15) is 6.33 Å². The largest absolute Gasteiger partial charge is 0.268 e. The quantitative estimate of drug-likeness (QED) is 0.813. The zero-order valence-electron chi connectivity index (χ0n) is 10.0. The first kappa shape index (κ1) is 12.6. The van der Waals surface area contributed by atoms with E-state index < -0.39 is 0 Å². The minimum atomic E-state index is 0.835. The van der Waals surface area contributed by atoms with Crippen LogP contribution in [0.1, 0.15) is 18.3 Å². The minimum Gasteiger partial charge on any atom is -0.268 e. The van der Waals surface area contributed by atoms with Crippen molar-refractivity contribution in [1.29, 1.82) is 0 Å². The van der Waals surface area contributed by atoms with Gasteiger partial charge in [0.2, 0.25) is 0 Å². The minimum absolute atomic E-state index is 0.835. The van der Waals surface area contributed by atoms with Crippen LogP contribution in [0.5, 0.6) is 0 Å². The molecule has 0 fully saturated rings. The fraction of sp³-hybridized carbons (Fsp3) is 0.500. The summed E-state index contributed by atoms with van der Waals surface area (Å²) in [5.74, 6) is 0.835. The van der Waals surface area contributed by atoms with Crippen LogP contribution in [0.25, 0.3) is 0 Å². The zero-order valence-corrected chi connectivity index (χ0v) is 12.4. The summed E-state index contributed by atoms with van der Waals surface area (Å²) < 4.78 is 4.88. The molecule has 0 radical (unpaired) electrons. The molecule has 2 heterocycles. The molecular formula is C10H14BrN5S. The van der Waals surface area contributed by atoms with E-state index in [-0.39, 0.29) is 0 Å². The summed E-state index contributed by atoms with van der Waals surface area (Å²) in [4.78, 5) is 4.19. The van der Waals surface area contributed by atoms with Gasteiger partial charge in [-0.3, -0.25) is 4.68 Å². The highest BCUT2D eigenvalue weighted by atomic mass is 79.9. The Hall–Kier alpha value is -0.820. The monoisotopic (exact) mass is 315 g/mol. The third-order valence-electron chi connectivity index (χ3n) is 2.46. The molecule has 0 aliphatic rings. The van der Waals surface area contributed by atoms with Crippen LogP contribution in [0.2, 0.25) is 0 Å². The van der Waals surface area contributed by atoms with Crippen molar-refractivity contribution in [3.05, 3.63) is 22.2 Å². The fourth-order valence-corrected chi connectivity index (χ4v) is 3.08. The molecule has 7 heteroatoms. The first-order valence-corrected chi connectivity index (χ1v) is 7.10. The molecule has 5 nitrogen and oxygen atoms in total. The zero-order chi connectivity index (χ0) is 12.4. The van der Waals surface area contributed by atoms with Crippen molar-refractivity contribution in [2.45, 2.75) is 31.3 Å². The van der Waals surface area contributed by atoms with Crippen molar-refractivity contribution in [2.75, 3.05) is 0 Å². The van der Waals surface area contributed by atoms with Crippen molar-refractivity contribution in [1.82, 2.24) is 24.5 Å². The van der Waals surface area contributed by atoms with Crippen LogP contribution in [0, 0.1) is 6.92 Å². The molecule has 0 saturated carbocycles. The molecule has 2 rings (SSSR count). The van der Waals surface area contributed by atoms with E-state index >= 15 is 0 Å². The lowest BCUT2D eigenvalue weighted by molar-refractivity contribution is 0.630. The maximum Gasteiger partial charge on any atom is 0.186 e. The fourth-order valence-electron chi connectivity index (χ4n) is 1.56. The number of aryl methyl sites for hydroxylation is 3. The average molecular weight is 316 g/mol. The Kier molecular flexibility index (Phi) is 3.88. The summed E-state index contributed by atoms with van der Waals surface area (Å²) >= 11 is 5.25. The van der Waals surface area contributed by atoms with E-state index in [9.17, 15) is 0 Å². The van der Waals surface area contributed by atoms with Gasteiger partial charge in [-0.05, 0) is 29.8 Å². The second kappa shape index (κ2) is 5.22. The van der Waals surface area contributed by atoms with E-state index in [0.717, 1.165) is 27.6 Å². The van der Waals surface area contributed by atoms with E-state index in [1.807, 2.05) is 18.7 Å². The van der Waals surface area contributed by atoms with Gasteiger partial charge in [-0.1, -0.05) is 11.8 Å². The molecule has 92 valence electrons. The van der Waals surface area contributed by atoms with E-state index in [0.29, 0.717) is 0 Å². The average Bonchev–Trinajstić information content (AvgIpc) is 2.83. The van der Waals surface area contributed by atoms with Crippen LogP contribution < -0.4 is 0 Å². The lowest BCUT2D eigenvalue weighted by Gasteiger charge is -2.04. The van der Waals surface area contributed by atoms with Crippen LogP contribution in [-0.4, -0.2) is 24.5 Å². The molecule has 0 aromatic carbocycles. The summed E-state index contributed by atoms with van der Waals surface area (Å²) in [6, 6.07) is 0. The van der Waals surface area contributed by atoms with Gasteiger partial charge < -0.3 is 0 Å². The van der Waals surface area contributed by atoms with Crippen molar-refractivity contribution < 1.29 is 0 Å². The van der Waals surface area contributed by atoms with Crippen LogP contribution in [0.3, 0.4) is 0 Å². The Bertz CT molecular complexity index is 519. The Balaban J connectivity index is 2.16. The van der Waals surface area contributed by atoms with Gasteiger partial charge in [-0.15, -0.1) is 0 Å². The third-order valence-corrected chi connectivity index (χ3v) is 4.54. The van der Waals surface area contributed by atoms with Crippen molar-refractivity contribution in [2.24, 2.45) is 7.05 Å². The van der Waals surface area contributed by atoms with Crippen molar-refractivity contribution in [3.63, 3.8) is 0 Å². The molecule has 0 N–H and O–H groups in total. The number of hydrogen-bond donors (Lipinski definition) is 0. The Morgan fingerprint density at radius 3 is 2.82 bits per heavy atom. The molecule has 0 atom stereocenters. The predicted octanol–water partition coefficient (Wildman–Crippen LogP) is 2.39. The van der Waals surface area contributed by atoms with Crippen LogP contribution in [0.4, 0.5) is 0 Å². The van der Waals surface area contributed by atoms with Gasteiger partial charge in [0, 0.05) is 19.3 Å². The molecular weight excluding hydrogens is 302 g/mol. The molecule has 0 aliphatic carbocycles. The maximum atomic E-state index is 4.46. The normalized spacial score (nSPS) is 11.1. The number of nitrogens with zero attached hydrogens (tertiary/aromatic N) is 5. The summed E-state index contributed by atoms with van der Waals surface area (Å²) in [6.07, 6.45) is 1.57. The SMILES string of the molecule is CCn1nc(C)c(Br)c1CSc1ncnn1C. The first-order chi connectivity index (χ1) is 8.13. The smallest absolute Gasteiger partial charge is 0.186 e. The van der Waals surface area contributed by atoms with Gasteiger partial charge in [0.25, 0.3) is 0 Å². The first-order valence-electron chi connectivity index (χ1n) is 5.32. The van der Waals surface area contributed by atoms with E-state index in [4.69, 9.17) is 0 Å². The lowest BCUT2D eigenvalue weighted by atomic mass is 10.4. The summed E-state index contributed by atoms with van der Waals surface area (Å²) in [6.45, 7) is 4.98. The standard InChI is InChI=1S/C10H14BrN5S/c1-4-16-8(9(11)7(2)14-16)5-17-10-12-6-13-15(10)3/h6H,4-5H2,1-3H3. The molecule has 17 heavy (non-hydrogen) atoms. The summed E-state index contributed by atoms with van der Waals surface area (Å²) in [5, 5.41) is 9.43. The topological polar surface area (TPSA) is 48.5 Å². The second-order valence-electron chi connectivity index (χ2n) is 3.62. The van der Waals surface area contributed by atoms with Crippen LogP contribution in [0.15, 0.2) is 16.0 Å². The van der Waals surface area contributed by atoms with Gasteiger partial charge in [0.15, 0.2) is 5.16 Å². The molecule has 0 spiro atoms. The van der Waals surface area contributed by atoms with Gasteiger partial charge in [-0.2, -0.15) is 10.2 Å². The molecule has 2 aromatic rings. The van der Waals surface area contributed by atoms with Gasteiger partial charge >= 0.3 is 0 Å². The van der Waals surface area contributed by atoms with Crippen LogP contribution >= 0.6 is 27.7 Å². The van der Waals surface area contributed by atoms with Gasteiger partial charge in [0.05, 0.1) is 15.9 Å². The van der Waals surface area contributed by atoms with Crippen molar-refractivity contribution in [3.8, 4) is 0 Å². The lowest BCUT2D eigenvalue weighted by Crippen LogP contribution is -2.02. The molecule has 0 amide bonds. The Morgan fingerprint density at radius 1 is 1.47 bits per heavy atom. The predicted molar refractivity (Wildman–Crippen MR) is 70.9 cm³/mol. The van der Waals surface area contributed by atoms with Gasteiger partial charge in [-0.25, -0.2) is 9.67 Å². The van der Waals surface area contributed by atoms with Crippen LogP contribution in [-0.2, 0) is 19.3 Å². The molecule has 0 bridgehead atoms. The number of aromatic nitrogens is 5. The number of halogens is 1. The highest BCUT2D eigenvalue weighted by Crippen LogP contribution is 2.27. The molecule has 0 saturated heterocycles. The summed E-state index contributed by atoms with van der Waals surface area (Å²) in [5.41, 5.74) is 2.22. The molecule has 0 aliphatic heterocycles. The third kappa shape index (κ3) is 2.55. The second-order valence-corrected chi connectivity index (χ2v) is 5.35. The summed E-state index contributed by atoms with van der Waals surface area (Å²) in [7, 11) is 1.90. The Labute approximate surface area is 113 Å². The Morgan fingerprint density at radius 2 is 2.24 bits per heavy atom. The van der Waals surface area contributed by atoms with E-state index in [1.165, 1.54) is 5.69 Å². The maximum absolute atomic E-state index is 4.46. The highest BCUT2D eigenvalue weighted by molar-refractivity contribution is 9.10. The number of rotatable bonds is 4. The van der Waals surface area contributed by atoms with E-state index in [2.05, 4.69) is 38.0 Å². The molecule has 2 aromatic heterocycles.